The van der Waals surface area contributed by atoms with E-state index < -0.39 is 6.09 Å². The van der Waals surface area contributed by atoms with Crippen molar-refractivity contribution in [3.8, 4) is 5.75 Å². The summed E-state index contributed by atoms with van der Waals surface area (Å²) in [5.74, 6) is 0.792. The highest BCUT2D eigenvalue weighted by Gasteiger charge is 2.09. The van der Waals surface area contributed by atoms with Gasteiger partial charge in [-0.3, -0.25) is 4.90 Å². The summed E-state index contributed by atoms with van der Waals surface area (Å²) < 4.78 is 5.37. The number of benzene rings is 1. The van der Waals surface area contributed by atoms with E-state index in [0.717, 1.165) is 11.3 Å². The number of hydrogen-bond acceptors (Lipinski definition) is 2. The van der Waals surface area contributed by atoms with E-state index in [4.69, 9.17) is 9.84 Å². The summed E-state index contributed by atoms with van der Waals surface area (Å²) in [7, 11) is 1.51. The molecule has 0 saturated carbocycles. The van der Waals surface area contributed by atoms with Crippen molar-refractivity contribution in [2.45, 2.75) is 13.8 Å². The fraction of sp³-hybridized carbons (Fsp3) is 0.364. The van der Waals surface area contributed by atoms with Crippen molar-refractivity contribution in [2.24, 2.45) is 0 Å². The number of aryl methyl sites for hydroxylation is 1. The number of hydrogen-bond donors (Lipinski definition) is 1. The van der Waals surface area contributed by atoms with E-state index >= 15 is 0 Å². The molecular weight excluding hydrogens is 194 g/mol. The number of amides is 1. The highest BCUT2D eigenvalue weighted by Crippen LogP contribution is 2.23. The number of carbonyl (C=O) groups is 1. The first-order valence-corrected chi connectivity index (χ1v) is 4.76. The second kappa shape index (κ2) is 4.68. The maximum Gasteiger partial charge on any atom is 0.411 e. The van der Waals surface area contributed by atoms with Gasteiger partial charge < -0.3 is 9.84 Å². The van der Waals surface area contributed by atoms with Gasteiger partial charge >= 0.3 is 6.09 Å². The highest BCUT2D eigenvalue weighted by molar-refractivity contribution is 5.85. The maximum absolute atomic E-state index is 10.7. The molecule has 1 aromatic carbocycles. The molecule has 0 radical (unpaired) electrons. The molecule has 0 aliphatic carbocycles. The van der Waals surface area contributed by atoms with Gasteiger partial charge in [0.1, 0.15) is 5.75 Å². The lowest BCUT2D eigenvalue weighted by atomic mass is 10.2. The molecule has 0 atom stereocenters. The van der Waals surface area contributed by atoms with Crippen LogP contribution in [0.1, 0.15) is 12.5 Å². The summed E-state index contributed by atoms with van der Waals surface area (Å²) in [6, 6.07) is 5.30. The molecule has 4 heteroatoms. The molecule has 0 bridgehead atoms. The van der Waals surface area contributed by atoms with Gasteiger partial charge in [-0.05, 0) is 37.6 Å². The molecule has 1 amide bonds. The van der Waals surface area contributed by atoms with Crippen molar-refractivity contribution in [3.63, 3.8) is 0 Å². The van der Waals surface area contributed by atoms with E-state index in [1.165, 1.54) is 11.9 Å². The average molecular weight is 209 g/mol. The van der Waals surface area contributed by atoms with Gasteiger partial charge in [-0.15, -0.1) is 0 Å². The zero-order valence-corrected chi connectivity index (χ0v) is 9.15. The second-order valence-electron chi connectivity index (χ2n) is 3.22. The molecule has 1 N–H and O–H groups in total. The van der Waals surface area contributed by atoms with Crippen molar-refractivity contribution in [3.05, 3.63) is 23.8 Å². The third kappa shape index (κ3) is 2.62. The molecule has 0 heterocycles. The molecule has 0 fully saturated rings. The van der Waals surface area contributed by atoms with Crippen LogP contribution in [0.2, 0.25) is 0 Å². The molecule has 0 spiro atoms. The van der Waals surface area contributed by atoms with Gasteiger partial charge in [-0.1, -0.05) is 0 Å². The van der Waals surface area contributed by atoms with Crippen LogP contribution in [0, 0.1) is 6.92 Å². The lowest BCUT2D eigenvalue weighted by Gasteiger charge is -2.15. The fourth-order valence-corrected chi connectivity index (χ4v) is 1.27. The predicted molar refractivity (Wildman–Crippen MR) is 58.8 cm³/mol. The van der Waals surface area contributed by atoms with Crippen molar-refractivity contribution in [1.29, 1.82) is 0 Å². The van der Waals surface area contributed by atoms with Crippen molar-refractivity contribution in [1.82, 2.24) is 0 Å². The van der Waals surface area contributed by atoms with Gasteiger partial charge in [0.2, 0.25) is 0 Å². The monoisotopic (exact) mass is 209 g/mol. The van der Waals surface area contributed by atoms with Crippen LogP contribution in [0.5, 0.6) is 5.75 Å². The Kier molecular flexibility index (Phi) is 3.55. The number of ether oxygens (including phenoxy) is 1. The third-order valence-corrected chi connectivity index (χ3v) is 2.13. The van der Waals surface area contributed by atoms with Crippen LogP contribution in [0.25, 0.3) is 0 Å². The Morgan fingerprint density at radius 3 is 2.67 bits per heavy atom. The number of rotatable bonds is 3. The minimum Gasteiger partial charge on any atom is -0.494 e. The third-order valence-electron chi connectivity index (χ3n) is 2.13. The van der Waals surface area contributed by atoms with Crippen LogP contribution in [0.15, 0.2) is 18.2 Å². The van der Waals surface area contributed by atoms with E-state index in [1.807, 2.05) is 13.8 Å². The summed E-state index contributed by atoms with van der Waals surface area (Å²) >= 11 is 0. The zero-order valence-electron chi connectivity index (χ0n) is 9.15. The first-order chi connectivity index (χ1) is 7.06. The molecule has 1 rings (SSSR count). The maximum atomic E-state index is 10.7. The van der Waals surface area contributed by atoms with E-state index in [2.05, 4.69) is 0 Å². The lowest BCUT2D eigenvalue weighted by molar-refractivity contribution is 0.203. The van der Waals surface area contributed by atoms with E-state index in [9.17, 15) is 4.79 Å². The van der Waals surface area contributed by atoms with Gasteiger partial charge in [0.15, 0.2) is 0 Å². The molecule has 0 aliphatic heterocycles. The first kappa shape index (κ1) is 11.4. The van der Waals surface area contributed by atoms with E-state index in [-0.39, 0.29) is 0 Å². The molecule has 15 heavy (non-hydrogen) atoms. The number of anilines is 1. The van der Waals surface area contributed by atoms with Crippen LogP contribution in [-0.4, -0.2) is 24.9 Å². The van der Waals surface area contributed by atoms with Gasteiger partial charge in [0.25, 0.3) is 0 Å². The van der Waals surface area contributed by atoms with Gasteiger partial charge in [-0.25, -0.2) is 4.79 Å². The van der Waals surface area contributed by atoms with Crippen molar-refractivity contribution in [2.75, 3.05) is 18.6 Å². The smallest absolute Gasteiger partial charge is 0.411 e. The molecule has 0 unspecified atom stereocenters. The van der Waals surface area contributed by atoms with Gasteiger partial charge in [-0.2, -0.15) is 0 Å². The minimum atomic E-state index is -0.974. The summed E-state index contributed by atoms with van der Waals surface area (Å²) in [4.78, 5) is 11.9. The molecular formula is C11H15NO3. The molecule has 0 saturated heterocycles. The average Bonchev–Trinajstić information content (AvgIpc) is 2.20. The Bertz CT molecular complexity index is 363. The van der Waals surface area contributed by atoms with Crippen LogP contribution in [0.3, 0.4) is 0 Å². The summed E-state index contributed by atoms with van der Waals surface area (Å²) in [6.45, 7) is 4.41. The normalized spacial score (nSPS) is 9.80. The molecule has 1 aromatic rings. The first-order valence-electron chi connectivity index (χ1n) is 4.76. The number of carboxylic acid groups (broad SMARTS) is 1. The largest absolute Gasteiger partial charge is 0.494 e. The van der Waals surface area contributed by atoms with Crippen molar-refractivity contribution < 1.29 is 14.6 Å². The fourth-order valence-electron chi connectivity index (χ4n) is 1.27. The summed E-state index contributed by atoms with van der Waals surface area (Å²) in [5, 5.41) is 8.79. The standard InChI is InChI=1S/C11H15NO3/c1-4-15-10-6-5-9(7-8(10)2)12(3)11(13)14/h5-7H,4H2,1-3H3,(H,13,14). The van der Waals surface area contributed by atoms with E-state index in [0.29, 0.717) is 12.3 Å². The molecule has 82 valence electrons. The Labute approximate surface area is 89.1 Å². The van der Waals surface area contributed by atoms with Gasteiger partial charge in [0, 0.05) is 12.7 Å². The quantitative estimate of drug-likeness (QED) is 0.832. The SMILES string of the molecule is CCOc1ccc(N(C)C(=O)O)cc1C. The lowest BCUT2D eigenvalue weighted by Crippen LogP contribution is -2.23. The van der Waals surface area contributed by atoms with Crippen LogP contribution < -0.4 is 9.64 Å². The molecule has 4 nitrogen and oxygen atoms in total. The molecule has 0 aliphatic rings. The number of nitrogens with zero attached hydrogens (tertiary/aromatic N) is 1. The summed E-state index contributed by atoms with van der Waals surface area (Å²) in [5.41, 5.74) is 1.57. The Morgan fingerprint density at radius 2 is 2.20 bits per heavy atom. The Balaban J connectivity index is 2.95. The zero-order chi connectivity index (χ0) is 11.4. The van der Waals surface area contributed by atoms with Crippen molar-refractivity contribution >= 4 is 11.8 Å². The highest BCUT2D eigenvalue weighted by atomic mass is 16.5. The van der Waals surface area contributed by atoms with Crippen LogP contribution in [-0.2, 0) is 0 Å². The van der Waals surface area contributed by atoms with Crippen LogP contribution in [0.4, 0.5) is 10.5 Å². The minimum absolute atomic E-state index is 0.606. The second-order valence-corrected chi connectivity index (χ2v) is 3.22. The molecule has 0 aromatic heterocycles. The topological polar surface area (TPSA) is 49.8 Å². The van der Waals surface area contributed by atoms with Gasteiger partial charge in [0.05, 0.1) is 6.61 Å². The predicted octanol–water partition coefficient (Wildman–Crippen LogP) is 2.51. The Morgan fingerprint density at radius 1 is 1.53 bits per heavy atom. The summed E-state index contributed by atoms with van der Waals surface area (Å²) in [6.07, 6.45) is -0.974. The Hall–Kier alpha value is -1.71. The van der Waals surface area contributed by atoms with Crippen LogP contribution >= 0.6 is 0 Å². The van der Waals surface area contributed by atoms with E-state index in [1.54, 1.807) is 18.2 Å².